The first kappa shape index (κ1) is 26.3. The lowest BCUT2D eigenvalue weighted by molar-refractivity contribution is -0.145. The van der Waals surface area contributed by atoms with Crippen molar-refractivity contribution in [2.45, 2.75) is 45.0 Å². The third kappa shape index (κ3) is 6.53. The van der Waals surface area contributed by atoms with Crippen LogP contribution >= 0.6 is 11.3 Å². The number of aryl methyl sites for hydroxylation is 1. The molecule has 0 spiro atoms. The molecule has 2 atom stereocenters. The lowest BCUT2D eigenvalue weighted by Gasteiger charge is -2.31. The van der Waals surface area contributed by atoms with E-state index in [0.717, 1.165) is 17.3 Å². The molecule has 3 heterocycles. The third-order valence-corrected chi connectivity index (χ3v) is 6.72. The molecule has 9 nitrogen and oxygen atoms in total. The molecule has 13 heteroatoms. The van der Waals surface area contributed by atoms with Crippen LogP contribution in [0, 0.1) is 6.92 Å². The van der Waals surface area contributed by atoms with Crippen molar-refractivity contribution in [2.75, 3.05) is 13.1 Å². The number of piperidine rings is 1. The first-order valence-corrected chi connectivity index (χ1v) is 12.2. The van der Waals surface area contributed by atoms with Gasteiger partial charge >= 0.3 is 12.3 Å². The number of ether oxygens (including phenoxy) is 1. The maximum atomic E-state index is 13.1. The summed E-state index contributed by atoms with van der Waals surface area (Å²) >= 11 is 1.44. The van der Waals surface area contributed by atoms with Crippen molar-refractivity contribution in [1.82, 2.24) is 25.2 Å². The number of halogens is 3. The summed E-state index contributed by atoms with van der Waals surface area (Å²) in [5.41, 5.74) is 1.21. The van der Waals surface area contributed by atoms with Gasteiger partial charge < -0.3 is 20.1 Å². The van der Waals surface area contributed by atoms with Crippen LogP contribution in [0.25, 0.3) is 10.6 Å². The van der Waals surface area contributed by atoms with Gasteiger partial charge in [-0.1, -0.05) is 0 Å². The first-order chi connectivity index (χ1) is 17.5. The number of carboxylic acid groups (broad SMARTS) is 1. The predicted molar refractivity (Wildman–Crippen MR) is 128 cm³/mol. The quantitative estimate of drug-likeness (QED) is 0.459. The van der Waals surface area contributed by atoms with Gasteiger partial charge in [0.25, 0.3) is 5.91 Å². The summed E-state index contributed by atoms with van der Waals surface area (Å²) in [5, 5.41) is 12.7. The number of carbonyl (C=O) groups is 2. The Morgan fingerprint density at radius 3 is 2.54 bits per heavy atom. The maximum absolute atomic E-state index is 13.1. The van der Waals surface area contributed by atoms with E-state index in [9.17, 15) is 27.9 Å². The molecule has 2 aromatic heterocycles. The van der Waals surface area contributed by atoms with Crippen LogP contribution in [0.15, 0.2) is 36.8 Å². The Bertz CT molecular complexity index is 1280. The van der Waals surface area contributed by atoms with E-state index in [-0.39, 0.29) is 18.2 Å². The van der Waals surface area contributed by atoms with Gasteiger partial charge in [0.1, 0.15) is 16.9 Å². The van der Waals surface area contributed by atoms with E-state index in [4.69, 9.17) is 4.74 Å². The van der Waals surface area contributed by atoms with E-state index >= 15 is 0 Å². The van der Waals surface area contributed by atoms with Crippen LogP contribution in [0.5, 0.6) is 5.75 Å². The molecule has 0 bridgehead atoms. The summed E-state index contributed by atoms with van der Waals surface area (Å²) in [5.74, 6) is -1.35. The lowest BCUT2D eigenvalue weighted by Crippen LogP contribution is -2.43. The monoisotopic (exact) mass is 535 g/mol. The fourth-order valence-corrected chi connectivity index (χ4v) is 4.63. The molecular weight excluding hydrogens is 511 g/mol. The molecule has 0 saturated carbocycles. The lowest BCUT2D eigenvalue weighted by atomic mass is 10.1. The van der Waals surface area contributed by atoms with Crippen molar-refractivity contribution in [3.05, 3.63) is 58.6 Å². The standard InChI is InChI=1S/C24H24F3N5O4S/c1-13-9-28-21(37-13)16-6-15(7-19(8-16)36-18-4-3-5-32(12-18)23(34)35)20(33)31-14(2)17-10-29-22(30-11-17)24(25,26)27/h6-11,14,18H,3-5,12H2,1-2H3,(H,31,33)(H,34,35)/t14-,18-/m1/s1. The van der Waals surface area contributed by atoms with Crippen molar-refractivity contribution in [1.29, 1.82) is 0 Å². The van der Waals surface area contributed by atoms with Crippen molar-refractivity contribution < 1.29 is 32.6 Å². The number of nitrogens with one attached hydrogen (secondary N) is 1. The number of thiazole rings is 1. The molecule has 196 valence electrons. The van der Waals surface area contributed by atoms with Gasteiger partial charge in [-0.15, -0.1) is 11.3 Å². The van der Waals surface area contributed by atoms with Crippen LogP contribution in [0.1, 0.15) is 52.4 Å². The maximum Gasteiger partial charge on any atom is 0.451 e. The molecule has 1 aromatic carbocycles. The molecule has 3 aromatic rings. The van der Waals surface area contributed by atoms with Gasteiger partial charge in [-0.3, -0.25) is 4.79 Å². The number of amides is 2. The second-order valence-electron chi connectivity index (χ2n) is 8.67. The second kappa shape index (κ2) is 10.7. The Balaban J connectivity index is 1.56. The summed E-state index contributed by atoms with van der Waals surface area (Å²) < 4.78 is 44.4. The number of hydrogen-bond donors (Lipinski definition) is 2. The molecule has 1 fully saturated rings. The van der Waals surface area contributed by atoms with E-state index in [0.29, 0.717) is 41.3 Å². The number of likely N-dealkylation sites (tertiary alicyclic amines) is 1. The third-order valence-electron chi connectivity index (χ3n) is 5.76. The Labute approximate surface area is 214 Å². The Morgan fingerprint density at radius 1 is 1.19 bits per heavy atom. The highest BCUT2D eigenvalue weighted by molar-refractivity contribution is 7.14. The fourth-order valence-electron chi connectivity index (χ4n) is 3.88. The summed E-state index contributed by atoms with van der Waals surface area (Å²) in [6.07, 6.45) is -0.956. The molecule has 1 aliphatic heterocycles. The first-order valence-electron chi connectivity index (χ1n) is 11.4. The Morgan fingerprint density at radius 2 is 1.92 bits per heavy atom. The highest BCUT2D eigenvalue weighted by Crippen LogP contribution is 2.31. The van der Waals surface area contributed by atoms with E-state index in [1.165, 1.54) is 16.2 Å². The molecule has 2 amide bonds. The molecule has 37 heavy (non-hydrogen) atoms. The second-order valence-corrected chi connectivity index (χ2v) is 9.90. The van der Waals surface area contributed by atoms with Crippen molar-refractivity contribution in [3.8, 4) is 16.3 Å². The minimum atomic E-state index is -4.66. The molecule has 1 saturated heterocycles. The SMILES string of the molecule is Cc1cnc(-c2cc(O[C@@H]3CCCN(C(=O)O)C3)cc(C(=O)N[C@H](C)c3cnc(C(F)(F)F)nc3)c2)s1. The van der Waals surface area contributed by atoms with Gasteiger partial charge in [0.2, 0.25) is 5.82 Å². The zero-order chi connectivity index (χ0) is 26.7. The van der Waals surface area contributed by atoms with Gasteiger partial charge in [0, 0.05) is 46.7 Å². The number of alkyl halides is 3. The van der Waals surface area contributed by atoms with Crippen molar-refractivity contribution in [3.63, 3.8) is 0 Å². The summed E-state index contributed by atoms with van der Waals surface area (Å²) in [6.45, 7) is 4.17. The van der Waals surface area contributed by atoms with E-state index in [1.54, 1.807) is 31.3 Å². The molecule has 4 rings (SSSR count). The number of hydrogen-bond acceptors (Lipinski definition) is 7. The van der Waals surface area contributed by atoms with Gasteiger partial charge in [-0.25, -0.2) is 19.7 Å². The molecular formula is C24H24F3N5O4S. The van der Waals surface area contributed by atoms with Gasteiger partial charge in [0.15, 0.2) is 0 Å². The number of carbonyl (C=O) groups excluding carboxylic acids is 1. The zero-order valence-electron chi connectivity index (χ0n) is 20.0. The van der Waals surface area contributed by atoms with Crippen molar-refractivity contribution >= 4 is 23.3 Å². The van der Waals surface area contributed by atoms with Crippen LogP contribution in [0.4, 0.5) is 18.0 Å². The average Bonchev–Trinajstić information content (AvgIpc) is 3.30. The predicted octanol–water partition coefficient (Wildman–Crippen LogP) is 4.94. The highest BCUT2D eigenvalue weighted by atomic mass is 32.1. The molecule has 1 aliphatic rings. The Hall–Kier alpha value is -3.74. The zero-order valence-corrected chi connectivity index (χ0v) is 20.8. The highest BCUT2D eigenvalue weighted by Gasteiger charge is 2.34. The van der Waals surface area contributed by atoms with Crippen LogP contribution in [-0.4, -0.2) is 56.2 Å². The van der Waals surface area contributed by atoms with Gasteiger partial charge in [0.05, 0.1) is 12.6 Å². The van der Waals surface area contributed by atoms with E-state index in [1.807, 2.05) is 6.92 Å². The number of benzene rings is 1. The summed E-state index contributed by atoms with van der Waals surface area (Å²) in [7, 11) is 0. The Kier molecular flexibility index (Phi) is 7.62. The largest absolute Gasteiger partial charge is 0.489 e. The van der Waals surface area contributed by atoms with Crippen LogP contribution < -0.4 is 10.1 Å². The topological polar surface area (TPSA) is 118 Å². The fraction of sp³-hybridized carbons (Fsp3) is 0.375. The molecule has 0 radical (unpaired) electrons. The summed E-state index contributed by atoms with van der Waals surface area (Å²) in [4.78, 5) is 37.9. The average molecular weight is 536 g/mol. The van der Waals surface area contributed by atoms with Gasteiger partial charge in [-0.2, -0.15) is 13.2 Å². The van der Waals surface area contributed by atoms with Crippen LogP contribution in [0.3, 0.4) is 0 Å². The molecule has 0 unspecified atom stereocenters. The molecule has 2 N–H and O–H groups in total. The van der Waals surface area contributed by atoms with Crippen LogP contribution in [0.2, 0.25) is 0 Å². The number of nitrogens with zero attached hydrogens (tertiary/aromatic N) is 4. The summed E-state index contributed by atoms with van der Waals surface area (Å²) in [6, 6.07) is 4.28. The van der Waals surface area contributed by atoms with E-state index < -0.39 is 30.0 Å². The minimum Gasteiger partial charge on any atom is -0.489 e. The number of rotatable bonds is 6. The van der Waals surface area contributed by atoms with Gasteiger partial charge in [-0.05, 0) is 44.9 Å². The smallest absolute Gasteiger partial charge is 0.451 e. The van der Waals surface area contributed by atoms with Crippen LogP contribution in [-0.2, 0) is 6.18 Å². The molecule has 0 aliphatic carbocycles. The normalized spacial score (nSPS) is 16.8. The van der Waals surface area contributed by atoms with Crippen molar-refractivity contribution in [2.24, 2.45) is 0 Å². The van der Waals surface area contributed by atoms with E-state index in [2.05, 4.69) is 20.3 Å². The minimum absolute atomic E-state index is 0.211. The number of aromatic nitrogens is 3.